The number of rotatable bonds is 10. The molecule has 2 unspecified atom stereocenters. The molecule has 0 aromatic rings. The number of hydrogen-bond acceptors (Lipinski definition) is 6. The summed E-state index contributed by atoms with van der Waals surface area (Å²) in [6.45, 7) is 16.6. The molecule has 8 nitrogen and oxygen atoms in total. The van der Waals surface area contributed by atoms with Gasteiger partial charge in [0.1, 0.15) is 0 Å². The number of piperidine rings is 1. The molecule has 2 atom stereocenters. The Hall–Kier alpha value is -1.38. The zero-order valence-corrected chi connectivity index (χ0v) is 21.3. The Balaban J connectivity index is 1.33. The molecule has 190 valence electrons. The summed E-state index contributed by atoms with van der Waals surface area (Å²) in [5.74, 6) is 0.0948. The molecule has 3 aliphatic heterocycles. The van der Waals surface area contributed by atoms with Gasteiger partial charge in [0.25, 0.3) is 0 Å². The summed E-state index contributed by atoms with van der Waals surface area (Å²) in [7, 11) is 0. The van der Waals surface area contributed by atoms with E-state index in [0.717, 1.165) is 51.6 Å². The molecule has 1 amide bonds. The van der Waals surface area contributed by atoms with Crippen LogP contribution in [0.15, 0.2) is 0 Å². The molecule has 0 bridgehead atoms. The monoisotopic (exact) mass is 466 g/mol. The van der Waals surface area contributed by atoms with Crippen molar-refractivity contribution >= 4 is 12.1 Å². The van der Waals surface area contributed by atoms with Gasteiger partial charge in [0.15, 0.2) is 6.23 Å². The van der Waals surface area contributed by atoms with Gasteiger partial charge in [-0.05, 0) is 78.9 Å². The Bertz CT molecular complexity index is 637. The van der Waals surface area contributed by atoms with E-state index in [0.29, 0.717) is 6.42 Å². The maximum Gasteiger partial charge on any atom is 0.411 e. The van der Waals surface area contributed by atoms with Gasteiger partial charge in [0.2, 0.25) is 0 Å². The lowest BCUT2D eigenvalue weighted by Crippen LogP contribution is -2.53. The van der Waals surface area contributed by atoms with Crippen LogP contribution in [-0.2, 0) is 9.53 Å². The number of hydrogen-bond donors (Lipinski definition) is 1. The third-order valence-corrected chi connectivity index (χ3v) is 7.82. The number of carbonyl (C=O) groups excluding carboxylic acids is 1. The Morgan fingerprint density at radius 3 is 2.27 bits per heavy atom. The standard InChI is InChI=1S/C25H46N4O4/c1-20-23(27-18-16-26(17-19-27)12-7-9-22(30)31)33-24(32)29(20)13-6-5-8-21-10-14-28(15-11-21)25(2,3)4/h20-21,23H,5-19H2,1-4H3,(H,30,31). The predicted molar refractivity (Wildman–Crippen MR) is 129 cm³/mol. The SMILES string of the molecule is CC1C(N2CCN(CCCC(=O)O)CC2)OC(=O)N1CCCCC1CCN(C(C)(C)C)CC1. The van der Waals surface area contributed by atoms with E-state index in [1.807, 2.05) is 4.90 Å². The molecule has 3 rings (SSSR count). The molecule has 8 heteroatoms. The van der Waals surface area contributed by atoms with Crippen molar-refractivity contribution in [3.63, 3.8) is 0 Å². The number of amides is 1. The van der Waals surface area contributed by atoms with Gasteiger partial charge in [-0.15, -0.1) is 0 Å². The van der Waals surface area contributed by atoms with Crippen LogP contribution in [0, 0.1) is 5.92 Å². The van der Waals surface area contributed by atoms with Crippen molar-refractivity contribution in [2.24, 2.45) is 5.92 Å². The first-order valence-electron chi connectivity index (χ1n) is 13.1. The molecule has 0 aromatic carbocycles. The van der Waals surface area contributed by atoms with Crippen LogP contribution in [-0.4, -0.2) is 107 Å². The fraction of sp³-hybridized carbons (Fsp3) is 0.920. The highest BCUT2D eigenvalue weighted by Gasteiger charge is 2.42. The first kappa shape index (κ1) is 26.2. The Kier molecular flexibility index (Phi) is 9.42. The lowest BCUT2D eigenvalue weighted by molar-refractivity contribution is -0.137. The third-order valence-electron chi connectivity index (χ3n) is 7.82. The van der Waals surface area contributed by atoms with Crippen molar-refractivity contribution in [1.29, 1.82) is 0 Å². The summed E-state index contributed by atoms with van der Waals surface area (Å²) < 4.78 is 5.78. The van der Waals surface area contributed by atoms with Gasteiger partial charge >= 0.3 is 12.1 Å². The predicted octanol–water partition coefficient (Wildman–Crippen LogP) is 3.32. The Morgan fingerprint density at radius 2 is 1.67 bits per heavy atom. The first-order chi connectivity index (χ1) is 15.6. The van der Waals surface area contributed by atoms with Gasteiger partial charge in [-0.2, -0.15) is 0 Å². The number of ether oxygens (including phenoxy) is 1. The van der Waals surface area contributed by atoms with Crippen molar-refractivity contribution in [2.45, 2.75) is 90.4 Å². The average molecular weight is 467 g/mol. The minimum absolute atomic E-state index is 0.0751. The number of cyclic esters (lactones) is 1. The van der Waals surface area contributed by atoms with Crippen LogP contribution < -0.4 is 0 Å². The topological polar surface area (TPSA) is 76.6 Å². The van der Waals surface area contributed by atoms with Crippen LogP contribution in [0.2, 0.25) is 0 Å². The van der Waals surface area contributed by atoms with E-state index in [1.165, 1.54) is 38.8 Å². The van der Waals surface area contributed by atoms with E-state index in [1.54, 1.807) is 0 Å². The largest absolute Gasteiger partial charge is 0.481 e. The summed E-state index contributed by atoms with van der Waals surface area (Å²) in [5, 5.41) is 8.81. The highest BCUT2D eigenvalue weighted by molar-refractivity contribution is 5.70. The fourth-order valence-corrected chi connectivity index (χ4v) is 5.57. The fourth-order valence-electron chi connectivity index (χ4n) is 5.57. The summed E-state index contributed by atoms with van der Waals surface area (Å²) in [6.07, 6.45) is 6.65. The van der Waals surface area contributed by atoms with Gasteiger partial charge in [-0.1, -0.05) is 12.8 Å². The Labute approximate surface area is 200 Å². The molecule has 0 saturated carbocycles. The maximum absolute atomic E-state index is 12.5. The normalized spacial score (nSPS) is 26.7. The number of piperazine rings is 1. The lowest BCUT2D eigenvalue weighted by Gasteiger charge is -2.41. The number of unbranched alkanes of at least 4 members (excludes halogenated alkanes) is 1. The maximum atomic E-state index is 12.5. The van der Waals surface area contributed by atoms with Crippen LogP contribution in [0.4, 0.5) is 4.79 Å². The quantitative estimate of drug-likeness (QED) is 0.495. The van der Waals surface area contributed by atoms with E-state index in [4.69, 9.17) is 9.84 Å². The van der Waals surface area contributed by atoms with Crippen LogP contribution in [0.3, 0.4) is 0 Å². The van der Waals surface area contributed by atoms with Crippen LogP contribution in [0.1, 0.15) is 72.6 Å². The molecule has 3 heterocycles. The number of carbonyl (C=O) groups is 2. The van der Waals surface area contributed by atoms with Crippen LogP contribution in [0.25, 0.3) is 0 Å². The van der Waals surface area contributed by atoms with E-state index in [9.17, 15) is 9.59 Å². The molecule has 0 spiro atoms. The zero-order valence-electron chi connectivity index (χ0n) is 21.3. The molecular formula is C25H46N4O4. The lowest BCUT2D eigenvalue weighted by atomic mass is 9.89. The molecule has 0 radical (unpaired) electrons. The van der Waals surface area contributed by atoms with Gasteiger partial charge < -0.3 is 19.6 Å². The molecule has 1 N–H and O–H groups in total. The molecule has 0 aromatic heterocycles. The minimum Gasteiger partial charge on any atom is -0.481 e. The molecule has 3 saturated heterocycles. The second-order valence-corrected chi connectivity index (χ2v) is 11.2. The van der Waals surface area contributed by atoms with Crippen molar-refractivity contribution in [1.82, 2.24) is 19.6 Å². The highest BCUT2D eigenvalue weighted by atomic mass is 16.6. The Morgan fingerprint density at radius 1 is 1.00 bits per heavy atom. The van der Waals surface area contributed by atoms with E-state index >= 15 is 0 Å². The number of carboxylic acid groups (broad SMARTS) is 1. The third kappa shape index (κ3) is 7.55. The summed E-state index contributed by atoms with van der Waals surface area (Å²) in [4.78, 5) is 32.3. The van der Waals surface area contributed by atoms with Crippen molar-refractivity contribution in [3.8, 4) is 0 Å². The van der Waals surface area contributed by atoms with Crippen LogP contribution in [0.5, 0.6) is 0 Å². The zero-order chi connectivity index (χ0) is 24.0. The van der Waals surface area contributed by atoms with Gasteiger partial charge in [0.05, 0.1) is 6.04 Å². The second kappa shape index (κ2) is 11.8. The van der Waals surface area contributed by atoms with Crippen LogP contribution >= 0.6 is 0 Å². The summed E-state index contributed by atoms with van der Waals surface area (Å²) in [5.41, 5.74) is 0.279. The van der Waals surface area contributed by atoms with Gasteiger partial charge in [0, 0.05) is 44.7 Å². The molecule has 3 fully saturated rings. The van der Waals surface area contributed by atoms with E-state index in [-0.39, 0.29) is 30.3 Å². The van der Waals surface area contributed by atoms with Crippen molar-refractivity contribution < 1.29 is 19.4 Å². The summed E-state index contributed by atoms with van der Waals surface area (Å²) in [6, 6.07) is 0.0751. The molecular weight excluding hydrogens is 420 g/mol. The van der Waals surface area contributed by atoms with Crippen molar-refractivity contribution in [3.05, 3.63) is 0 Å². The number of aliphatic carboxylic acids is 1. The van der Waals surface area contributed by atoms with E-state index < -0.39 is 5.97 Å². The smallest absolute Gasteiger partial charge is 0.411 e. The molecule has 33 heavy (non-hydrogen) atoms. The van der Waals surface area contributed by atoms with E-state index in [2.05, 4.69) is 42.4 Å². The number of carboxylic acids is 1. The first-order valence-corrected chi connectivity index (χ1v) is 13.1. The summed E-state index contributed by atoms with van der Waals surface area (Å²) >= 11 is 0. The number of likely N-dealkylation sites (tertiary alicyclic amines) is 1. The second-order valence-electron chi connectivity index (χ2n) is 11.2. The highest BCUT2D eigenvalue weighted by Crippen LogP contribution is 2.28. The van der Waals surface area contributed by atoms with Crippen molar-refractivity contribution in [2.75, 3.05) is 52.4 Å². The van der Waals surface area contributed by atoms with Gasteiger partial charge in [-0.25, -0.2) is 4.79 Å². The average Bonchev–Trinajstić information content (AvgIpc) is 3.05. The number of nitrogens with zero attached hydrogens (tertiary/aromatic N) is 4. The van der Waals surface area contributed by atoms with Gasteiger partial charge in [-0.3, -0.25) is 14.6 Å². The molecule has 0 aliphatic carbocycles. The molecule has 3 aliphatic rings. The minimum atomic E-state index is -0.730.